The van der Waals surface area contributed by atoms with Crippen molar-refractivity contribution in [2.45, 2.75) is 51.1 Å². The summed E-state index contributed by atoms with van der Waals surface area (Å²) in [6.07, 6.45) is 11.7. The first-order chi connectivity index (χ1) is 14.6. The topological polar surface area (TPSA) is 58.6 Å². The molecule has 2 saturated carbocycles. The van der Waals surface area contributed by atoms with Gasteiger partial charge >= 0.3 is 5.97 Å². The Morgan fingerprint density at radius 3 is 2.73 bits per heavy atom. The van der Waals surface area contributed by atoms with E-state index in [-0.39, 0.29) is 5.97 Å². The third-order valence-corrected chi connectivity index (χ3v) is 8.09. The molecule has 5 rings (SSSR count). The molecule has 1 heterocycles. The normalized spacial score (nSPS) is 30.4. The fourth-order valence-electron chi connectivity index (χ4n) is 6.31. The second kappa shape index (κ2) is 7.84. The molecular formula is C25H32N2O3. The van der Waals surface area contributed by atoms with Crippen molar-refractivity contribution in [1.29, 1.82) is 0 Å². The lowest BCUT2D eigenvalue weighted by Gasteiger charge is -2.30. The van der Waals surface area contributed by atoms with Gasteiger partial charge < -0.3 is 15.0 Å². The Morgan fingerprint density at radius 2 is 2.03 bits per heavy atom. The number of methoxy groups -OCH3 is 1. The molecule has 0 aromatic heterocycles. The van der Waals surface area contributed by atoms with E-state index in [0.717, 1.165) is 49.9 Å². The lowest BCUT2D eigenvalue weighted by molar-refractivity contribution is -0.129. The minimum atomic E-state index is -0.306. The largest absolute Gasteiger partial charge is 0.465 e. The molecule has 4 atom stereocenters. The summed E-state index contributed by atoms with van der Waals surface area (Å²) in [6, 6.07) is 7.90. The highest BCUT2D eigenvalue weighted by Gasteiger charge is 2.62. The van der Waals surface area contributed by atoms with Gasteiger partial charge in [-0.1, -0.05) is 24.3 Å². The quantitative estimate of drug-likeness (QED) is 0.406. The van der Waals surface area contributed by atoms with E-state index < -0.39 is 0 Å². The molecule has 1 amide bonds. The molecule has 1 spiro atoms. The number of ether oxygens (including phenoxy) is 1. The average molecular weight is 409 g/mol. The van der Waals surface area contributed by atoms with Crippen LogP contribution < -0.4 is 5.32 Å². The van der Waals surface area contributed by atoms with E-state index >= 15 is 0 Å². The van der Waals surface area contributed by atoms with Crippen LogP contribution in [0.15, 0.2) is 36.4 Å². The number of rotatable bonds is 8. The monoisotopic (exact) mass is 408 g/mol. The van der Waals surface area contributed by atoms with E-state index in [1.165, 1.54) is 26.4 Å². The van der Waals surface area contributed by atoms with E-state index in [4.69, 9.17) is 4.74 Å². The Bertz CT molecular complexity index is 842. The molecule has 5 heteroatoms. The van der Waals surface area contributed by atoms with E-state index in [1.807, 2.05) is 12.1 Å². The molecule has 1 aromatic carbocycles. The highest BCUT2D eigenvalue weighted by molar-refractivity contribution is 5.89. The standard InChI is InChI=1S/C25H32N2O3/c1-30-24(29)18-4-2-17(3-5-18)15-26-13-10-21-7-9-23(28)27(21)16-19-14-20-6-8-22(19)25(20)11-12-25/h2-6,8,19-22,26H,7,9-16H2,1H3/t19-,20+,21+,22+/m0/s1. The van der Waals surface area contributed by atoms with Crippen molar-refractivity contribution in [2.24, 2.45) is 23.2 Å². The molecule has 2 bridgehead atoms. The van der Waals surface area contributed by atoms with Gasteiger partial charge in [-0.15, -0.1) is 0 Å². The Balaban J connectivity index is 1.10. The molecule has 30 heavy (non-hydrogen) atoms. The van der Waals surface area contributed by atoms with Crippen LogP contribution in [0.5, 0.6) is 0 Å². The summed E-state index contributed by atoms with van der Waals surface area (Å²) in [5, 5.41) is 3.51. The molecule has 1 aromatic rings. The van der Waals surface area contributed by atoms with Crippen LogP contribution in [0.3, 0.4) is 0 Å². The average Bonchev–Trinajstić information content (AvgIpc) is 3.32. The molecule has 0 radical (unpaired) electrons. The fourth-order valence-corrected chi connectivity index (χ4v) is 6.31. The van der Waals surface area contributed by atoms with Gasteiger partial charge in [0.2, 0.25) is 5.91 Å². The highest BCUT2D eigenvalue weighted by Crippen LogP contribution is 2.70. The first-order valence-electron chi connectivity index (χ1n) is 11.5. The summed E-state index contributed by atoms with van der Waals surface area (Å²) in [5.74, 6) is 2.24. The number of allylic oxidation sites excluding steroid dienone is 2. The molecule has 3 fully saturated rings. The van der Waals surface area contributed by atoms with Crippen molar-refractivity contribution >= 4 is 11.9 Å². The third kappa shape index (κ3) is 3.47. The van der Waals surface area contributed by atoms with Gasteiger partial charge in [0.15, 0.2) is 0 Å². The van der Waals surface area contributed by atoms with Gasteiger partial charge in [0.25, 0.3) is 0 Å². The van der Waals surface area contributed by atoms with Gasteiger partial charge in [-0.05, 0) is 79.5 Å². The van der Waals surface area contributed by atoms with Crippen molar-refractivity contribution in [3.63, 3.8) is 0 Å². The molecule has 1 aliphatic heterocycles. The van der Waals surface area contributed by atoms with Gasteiger partial charge in [-0.3, -0.25) is 4.79 Å². The Morgan fingerprint density at radius 1 is 1.23 bits per heavy atom. The number of nitrogens with one attached hydrogen (secondary N) is 1. The number of hydrogen-bond donors (Lipinski definition) is 1. The van der Waals surface area contributed by atoms with Crippen LogP contribution in [0.1, 0.15) is 54.4 Å². The first-order valence-corrected chi connectivity index (χ1v) is 11.5. The van der Waals surface area contributed by atoms with Crippen LogP contribution in [0.2, 0.25) is 0 Å². The number of nitrogens with zero attached hydrogens (tertiary/aromatic N) is 1. The summed E-state index contributed by atoms with van der Waals surface area (Å²) in [6.45, 7) is 2.63. The van der Waals surface area contributed by atoms with Crippen LogP contribution in [-0.4, -0.2) is 43.0 Å². The van der Waals surface area contributed by atoms with Gasteiger partial charge in [0, 0.05) is 25.6 Å². The molecule has 160 valence electrons. The smallest absolute Gasteiger partial charge is 0.337 e. The zero-order chi connectivity index (χ0) is 20.7. The minimum absolute atomic E-state index is 0.306. The zero-order valence-corrected chi connectivity index (χ0v) is 17.8. The summed E-state index contributed by atoms with van der Waals surface area (Å²) < 4.78 is 4.74. The van der Waals surface area contributed by atoms with Gasteiger partial charge in [0.05, 0.1) is 12.7 Å². The van der Waals surface area contributed by atoms with Crippen LogP contribution >= 0.6 is 0 Å². The van der Waals surface area contributed by atoms with Crippen molar-refractivity contribution in [3.05, 3.63) is 47.5 Å². The SMILES string of the molecule is COC(=O)c1ccc(CNCC[C@H]2CCC(=O)N2C[C@@H]2C[C@H]3C=C[C@H]2C32CC2)cc1. The number of hydrogen-bond acceptors (Lipinski definition) is 4. The highest BCUT2D eigenvalue weighted by atomic mass is 16.5. The zero-order valence-electron chi connectivity index (χ0n) is 17.8. The number of carbonyl (C=O) groups excluding carboxylic acids is 2. The molecule has 4 aliphatic rings. The predicted molar refractivity (Wildman–Crippen MR) is 115 cm³/mol. The fraction of sp³-hybridized carbons (Fsp3) is 0.600. The number of benzene rings is 1. The van der Waals surface area contributed by atoms with Gasteiger partial charge in [0.1, 0.15) is 0 Å². The van der Waals surface area contributed by atoms with Crippen LogP contribution in [-0.2, 0) is 16.1 Å². The van der Waals surface area contributed by atoms with Crippen molar-refractivity contribution in [3.8, 4) is 0 Å². The second-order valence-electron chi connectivity index (χ2n) is 9.64. The molecule has 0 unspecified atom stereocenters. The predicted octanol–water partition coefficient (Wildman–Crippen LogP) is 3.55. The molecule has 3 aliphatic carbocycles. The van der Waals surface area contributed by atoms with E-state index in [0.29, 0.717) is 35.3 Å². The van der Waals surface area contributed by atoms with E-state index in [1.54, 1.807) is 12.1 Å². The van der Waals surface area contributed by atoms with Gasteiger partial charge in [-0.25, -0.2) is 4.79 Å². The lowest BCUT2D eigenvalue weighted by Crippen LogP contribution is -2.39. The maximum atomic E-state index is 12.6. The number of carbonyl (C=O) groups is 2. The minimum Gasteiger partial charge on any atom is -0.465 e. The molecular weight excluding hydrogens is 376 g/mol. The Kier molecular flexibility index (Phi) is 5.18. The molecule has 5 nitrogen and oxygen atoms in total. The maximum absolute atomic E-state index is 12.6. The molecule has 1 N–H and O–H groups in total. The van der Waals surface area contributed by atoms with Crippen LogP contribution in [0.25, 0.3) is 0 Å². The summed E-state index contributed by atoms with van der Waals surface area (Å²) in [5.41, 5.74) is 2.32. The van der Waals surface area contributed by atoms with Crippen molar-refractivity contribution in [1.82, 2.24) is 10.2 Å². The number of esters is 1. The van der Waals surface area contributed by atoms with Crippen molar-refractivity contribution < 1.29 is 14.3 Å². The van der Waals surface area contributed by atoms with E-state index in [9.17, 15) is 9.59 Å². The summed E-state index contributed by atoms with van der Waals surface area (Å²) in [4.78, 5) is 26.3. The Hall–Kier alpha value is -2.14. The summed E-state index contributed by atoms with van der Waals surface area (Å²) in [7, 11) is 1.40. The summed E-state index contributed by atoms with van der Waals surface area (Å²) >= 11 is 0. The van der Waals surface area contributed by atoms with Crippen LogP contribution in [0, 0.1) is 23.2 Å². The van der Waals surface area contributed by atoms with E-state index in [2.05, 4.69) is 22.4 Å². The number of amides is 1. The van der Waals surface area contributed by atoms with Crippen molar-refractivity contribution in [2.75, 3.05) is 20.2 Å². The lowest BCUT2D eigenvalue weighted by atomic mass is 9.88. The van der Waals surface area contributed by atoms with Crippen LogP contribution in [0.4, 0.5) is 0 Å². The maximum Gasteiger partial charge on any atom is 0.337 e. The Labute approximate surface area is 178 Å². The molecule has 1 saturated heterocycles. The first kappa shape index (κ1) is 19.8. The van der Waals surface area contributed by atoms with Gasteiger partial charge in [-0.2, -0.15) is 0 Å². The number of likely N-dealkylation sites (tertiary alicyclic amines) is 1. The third-order valence-electron chi connectivity index (χ3n) is 8.09. The second-order valence-corrected chi connectivity index (χ2v) is 9.64.